The highest BCUT2D eigenvalue weighted by Crippen LogP contribution is 2.34. The van der Waals surface area contributed by atoms with Crippen LogP contribution in [0.4, 0.5) is 5.69 Å². The lowest BCUT2D eigenvalue weighted by Crippen LogP contribution is -2.38. The van der Waals surface area contributed by atoms with Crippen LogP contribution in [0, 0.1) is 0 Å². The van der Waals surface area contributed by atoms with E-state index < -0.39 is 0 Å². The van der Waals surface area contributed by atoms with Crippen molar-refractivity contribution in [3.05, 3.63) is 24.3 Å². The maximum atomic E-state index is 11.6. The Bertz CT molecular complexity index is 367. The van der Waals surface area contributed by atoms with E-state index in [1.54, 1.807) is 11.8 Å². The first-order valence-corrected chi connectivity index (χ1v) is 5.96. The third-order valence-electron chi connectivity index (χ3n) is 2.28. The minimum absolute atomic E-state index is 0.0140. The lowest BCUT2D eigenvalue weighted by Gasteiger charge is -2.24. The second kappa shape index (κ2) is 4.57. The highest BCUT2D eigenvalue weighted by Gasteiger charge is 2.24. The van der Waals surface area contributed by atoms with Crippen molar-refractivity contribution in [1.29, 1.82) is 0 Å². The lowest BCUT2D eigenvalue weighted by molar-refractivity contribution is -0.120. The number of benzene rings is 1. The minimum atomic E-state index is -0.0140. The molecule has 0 aliphatic carbocycles. The zero-order chi connectivity index (χ0) is 10.7. The van der Waals surface area contributed by atoms with E-state index in [0.29, 0.717) is 13.1 Å². The van der Waals surface area contributed by atoms with E-state index in [9.17, 15) is 4.79 Å². The molecule has 0 spiro atoms. The van der Waals surface area contributed by atoms with Crippen LogP contribution in [0.3, 0.4) is 0 Å². The lowest BCUT2D eigenvalue weighted by atomic mass is 10.3. The van der Waals surface area contributed by atoms with Gasteiger partial charge in [-0.1, -0.05) is 12.1 Å². The maximum absolute atomic E-state index is 11.6. The number of nitrogens with one attached hydrogen (secondary N) is 2. The van der Waals surface area contributed by atoms with Crippen LogP contribution in [0.1, 0.15) is 6.92 Å². The van der Waals surface area contributed by atoms with Crippen molar-refractivity contribution in [3.8, 4) is 0 Å². The molecule has 0 fully saturated rings. The van der Waals surface area contributed by atoms with Gasteiger partial charge in [-0.15, -0.1) is 11.8 Å². The van der Waals surface area contributed by atoms with Gasteiger partial charge in [0.15, 0.2) is 0 Å². The number of hydrogen-bond donors (Lipinski definition) is 2. The van der Waals surface area contributed by atoms with Crippen LogP contribution in [-0.2, 0) is 4.79 Å². The summed E-state index contributed by atoms with van der Waals surface area (Å²) < 4.78 is 0. The molecule has 1 amide bonds. The standard InChI is InChI=1S/C11H14N2OS/c1-2-12-11(14)10-7-13-8-5-3-4-6-9(8)15-10/h3-6,10,13H,2,7H2,1H3,(H,12,14). The number of anilines is 1. The Morgan fingerprint density at radius 1 is 1.60 bits per heavy atom. The van der Waals surface area contributed by atoms with Crippen LogP contribution in [0.15, 0.2) is 29.2 Å². The number of thioether (sulfide) groups is 1. The summed E-state index contributed by atoms with van der Waals surface area (Å²) in [6.45, 7) is 3.33. The summed E-state index contributed by atoms with van der Waals surface area (Å²) in [4.78, 5) is 12.8. The average Bonchev–Trinajstić information content (AvgIpc) is 2.29. The van der Waals surface area contributed by atoms with Crippen molar-refractivity contribution in [1.82, 2.24) is 5.32 Å². The van der Waals surface area contributed by atoms with E-state index in [0.717, 1.165) is 10.6 Å². The summed E-state index contributed by atoms with van der Waals surface area (Å²) in [5, 5.41) is 6.10. The molecule has 1 aromatic carbocycles. The van der Waals surface area contributed by atoms with E-state index in [1.165, 1.54) is 0 Å². The fraction of sp³-hybridized carbons (Fsp3) is 0.364. The molecule has 1 aliphatic heterocycles. The molecule has 1 heterocycles. The molecule has 0 bridgehead atoms. The average molecular weight is 222 g/mol. The molecule has 4 heteroatoms. The Morgan fingerprint density at radius 2 is 2.40 bits per heavy atom. The van der Waals surface area contributed by atoms with Crippen LogP contribution < -0.4 is 10.6 Å². The Morgan fingerprint density at radius 3 is 3.20 bits per heavy atom. The molecule has 1 atom stereocenters. The fourth-order valence-electron chi connectivity index (χ4n) is 1.55. The molecule has 1 aromatic rings. The van der Waals surface area contributed by atoms with Crippen LogP contribution >= 0.6 is 11.8 Å². The zero-order valence-electron chi connectivity index (χ0n) is 8.62. The quantitative estimate of drug-likeness (QED) is 0.800. The number of fused-ring (bicyclic) bond motifs is 1. The number of carbonyl (C=O) groups excluding carboxylic acids is 1. The van der Waals surface area contributed by atoms with E-state index >= 15 is 0 Å². The minimum Gasteiger partial charge on any atom is -0.382 e. The summed E-state index contributed by atoms with van der Waals surface area (Å²) in [5.41, 5.74) is 1.13. The Kier molecular flexibility index (Phi) is 3.16. The molecule has 0 saturated heterocycles. The van der Waals surface area contributed by atoms with Crippen molar-refractivity contribution in [2.24, 2.45) is 0 Å². The summed E-state index contributed by atoms with van der Waals surface area (Å²) >= 11 is 1.63. The number of hydrogen-bond acceptors (Lipinski definition) is 3. The topological polar surface area (TPSA) is 41.1 Å². The van der Waals surface area contributed by atoms with Crippen molar-refractivity contribution in [3.63, 3.8) is 0 Å². The summed E-state index contributed by atoms with van der Waals surface area (Å²) in [6, 6.07) is 8.07. The van der Waals surface area contributed by atoms with Gasteiger partial charge in [-0.3, -0.25) is 4.79 Å². The predicted molar refractivity (Wildman–Crippen MR) is 63.3 cm³/mol. The molecule has 0 saturated carbocycles. The predicted octanol–water partition coefficient (Wildman–Crippen LogP) is 1.71. The van der Waals surface area contributed by atoms with Gasteiger partial charge in [0.25, 0.3) is 0 Å². The summed E-state index contributed by atoms with van der Waals surface area (Å²) in [7, 11) is 0. The second-order valence-electron chi connectivity index (χ2n) is 3.38. The van der Waals surface area contributed by atoms with Gasteiger partial charge in [-0.25, -0.2) is 0 Å². The van der Waals surface area contributed by atoms with Gasteiger partial charge in [0.05, 0.1) is 0 Å². The van der Waals surface area contributed by atoms with Crippen LogP contribution in [-0.4, -0.2) is 24.2 Å². The van der Waals surface area contributed by atoms with E-state index in [4.69, 9.17) is 0 Å². The van der Waals surface area contributed by atoms with Gasteiger partial charge in [-0.2, -0.15) is 0 Å². The molecule has 2 N–H and O–H groups in total. The first kappa shape index (κ1) is 10.4. The van der Waals surface area contributed by atoms with E-state index in [-0.39, 0.29) is 11.2 Å². The maximum Gasteiger partial charge on any atom is 0.235 e. The van der Waals surface area contributed by atoms with Crippen LogP contribution in [0.25, 0.3) is 0 Å². The van der Waals surface area contributed by atoms with Gasteiger partial charge in [-0.05, 0) is 19.1 Å². The van der Waals surface area contributed by atoms with Gasteiger partial charge in [0, 0.05) is 23.7 Å². The first-order valence-electron chi connectivity index (χ1n) is 5.08. The normalized spacial score (nSPS) is 18.9. The number of carbonyl (C=O) groups is 1. The van der Waals surface area contributed by atoms with Gasteiger partial charge in [0.1, 0.15) is 5.25 Å². The van der Waals surface area contributed by atoms with Crippen LogP contribution in [0.5, 0.6) is 0 Å². The SMILES string of the molecule is CCNC(=O)C1CNc2ccccc2S1. The zero-order valence-corrected chi connectivity index (χ0v) is 9.43. The Labute approximate surface area is 93.6 Å². The Balaban J connectivity index is 2.08. The third kappa shape index (κ3) is 2.26. The van der Waals surface area contributed by atoms with Crippen LogP contribution in [0.2, 0.25) is 0 Å². The molecule has 15 heavy (non-hydrogen) atoms. The van der Waals surface area contributed by atoms with Gasteiger partial charge in [0.2, 0.25) is 5.91 Å². The summed E-state index contributed by atoms with van der Waals surface area (Å²) in [5.74, 6) is 0.115. The highest BCUT2D eigenvalue weighted by atomic mass is 32.2. The van der Waals surface area contributed by atoms with Crippen molar-refractivity contribution >= 4 is 23.4 Å². The molecule has 1 aliphatic rings. The van der Waals surface area contributed by atoms with Crippen molar-refractivity contribution in [2.75, 3.05) is 18.4 Å². The van der Waals surface area contributed by atoms with Crippen molar-refractivity contribution < 1.29 is 4.79 Å². The largest absolute Gasteiger partial charge is 0.382 e. The molecule has 3 nitrogen and oxygen atoms in total. The smallest absolute Gasteiger partial charge is 0.235 e. The van der Waals surface area contributed by atoms with Gasteiger partial charge >= 0.3 is 0 Å². The van der Waals surface area contributed by atoms with E-state index in [1.807, 2.05) is 31.2 Å². The molecular weight excluding hydrogens is 208 g/mol. The second-order valence-corrected chi connectivity index (χ2v) is 4.62. The number of rotatable bonds is 2. The molecule has 2 rings (SSSR count). The first-order chi connectivity index (χ1) is 7.31. The fourth-order valence-corrected chi connectivity index (χ4v) is 2.64. The van der Waals surface area contributed by atoms with Crippen molar-refractivity contribution in [2.45, 2.75) is 17.1 Å². The highest BCUT2D eigenvalue weighted by molar-refractivity contribution is 8.00. The molecule has 0 aromatic heterocycles. The van der Waals surface area contributed by atoms with E-state index in [2.05, 4.69) is 10.6 Å². The third-order valence-corrected chi connectivity index (χ3v) is 3.55. The molecule has 80 valence electrons. The number of para-hydroxylation sites is 1. The van der Waals surface area contributed by atoms with Gasteiger partial charge < -0.3 is 10.6 Å². The molecular formula is C11H14N2OS. The Hall–Kier alpha value is -1.16. The monoisotopic (exact) mass is 222 g/mol. The molecule has 1 unspecified atom stereocenters. The summed E-state index contributed by atoms with van der Waals surface area (Å²) in [6.07, 6.45) is 0. The molecule has 0 radical (unpaired) electrons. The number of amides is 1.